The molecule has 0 saturated carbocycles. The van der Waals surface area contributed by atoms with Crippen molar-refractivity contribution in [3.8, 4) is 0 Å². The molecular formula is C48H57N5O6S. The number of carbonyl (C=O) groups excluding carboxylic acids is 4. The molecule has 3 amide bonds. The number of hydrogen-bond donors (Lipinski definition) is 2. The van der Waals surface area contributed by atoms with Gasteiger partial charge in [-0.05, 0) is 80.9 Å². The molecule has 5 rings (SSSR count). The fourth-order valence-electron chi connectivity index (χ4n) is 7.24. The predicted octanol–water partition coefficient (Wildman–Crippen LogP) is 7.94. The molecule has 0 radical (unpaired) electrons. The molecule has 0 aliphatic rings. The molecule has 3 atom stereocenters. The van der Waals surface area contributed by atoms with Crippen LogP contribution in [0.1, 0.15) is 69.0 Å². The van der Waals surface area contributed by atoms with Crippen LogP contribution in [0, 0.1) is 12.8 Å². The van der Waals surface area contributed by atoms with E-state index in [1.165, 1.54) is 23.8 Å². The van der Waals surface area contributed by atoms with Gasteiger partial charge in [0.1, 0.15) is 29.3 Å². The highest BCUT2D eigenvalue weighted by Crippen LogP contribution is 2.41. The minimum Gasteiger partial charge on any atom is -0.467 e. The van der Waals surface area contributed by atoms with Gasteiger partial charge in [-0.2, -0.15) is 11.8 Å². The standard InChI is InChI=1S/C48H57N5O6S/c1-33(2)42(45(56)58-7)51-43(54)40(50-44(55)41(28-29-60-8)53(46(57)59-47(4,5)6)39-26-24-34(3)25-27-39)30-38-31-52(32-49-38)48(35-18-12-9-13-19-35,36-20-14-10-15-21-36)37-22-16-11-17-23-37/h9-27,31-33,40-42H,28-30H2,1-8H3,(H,50,55)(H,51,54)/t40-,41-,42-/m0/s1. The van der Waals surface area contributed by atoms with E-state index < -0.39 is 53.1 Å². The van der Waals surface area contributed by atoms with Crippen molar-refractivity contribution in [1.82, 2.24) is 20.2 Å². The third-order valence-electron chi connectivity index (χ3n) is 10.2. The molecule has 60 heavy (non-hydrogen) atoms. The third-order valence-corrected chi connectivity index (χ3v) is 10.8. The van der Waals surface area contributed by atoms with E-state index in [2.05, 4.69) is 47.0 Å². The summed E-state index contributed by atoms with van der Waals surface area (Å²) in [6, 6.07) is 34.4. The molecule has 11 nitrogen and oxygen atoms in total. The summed E-state index contributed by atoms with van der Waals surface area (Å²) in [5, 5.41) is 5.83. The Morgan fingerprint density at radius 2 is 1.32 bits per heavy atom. The van der Waals surface area contributed by atoms with Crippen LogP contribution in [0.4, 0.5) is 10.5 Å². The van der Waals surface area contributed by atoms with Crippen molar-refractivity contribution < 1.29 is 28.7 Å². The van der Waals surface area contributed by atoms with Crippen LogP contribution in [0.2, 0.25) is 0 Å². The molecule has 2 N–H and O–H groups in total. The molecule has 0 aliphatic carbocycles. The Kier molecular flexibility index (Phi) is 15.4. The Morgan fingerprint density at radius 1 is 0.783 bits per heavy atom. The van der Waals surface area contributed by atoms with Crippen molar-refractivity contribution in [2.45, 2.75) is 83.6 Å². The molecule has 1 aromatic heterocycles. The number of hydrogen-bond acceptors (Lipinski definition) is 8. The summed E-state index contributed by atoms with van der Waals surface area (Å²) in [6.45, 7) is 10.8. The van der Waals surface area contributed by atoms with E-state index in [1.54, 1.807) is 53.1 Å². The second kappa shape index (κ2) is 20.4. The number of anilines is 1. The number of amides is 3. The quantitative estimate of drug-likeness (QED) is 0.0714. The largest absolute Gasteiger partial charge is 0.467 e. The summed E-state index contributed by atoms with van der Waals surface area (Å²) in [4.78, 5) is 62.3. The summed E-state index contributed by atoms with van der Waals surface area (Å²) in [5.74, 6) is -1.58. The van der Waals surface area contributed by atoms with Crippen LogP contribution in [0.3, 0.4) is 0 Å². The Hall–Kier alpha value is -5.88. The lowest BCUT2D eigenvalue weighted by atomic mass is 9.77. The lowest BCUT2D eigenvalue weighted by Crippen LogP contribution is -2.58. The number of aryl methyl sites for hydroxylation is 1. The van der Waals surface area contributed by atoms with E-state index in [4.69, 9.17) is 14.5 Å². The Morgan fingerprint density at radius 3 is 1.78 bits per heavy atom. The summed E-state index contributed by atoms with van der Waals surface area (Å²) in [5.41, 5.74) is 3.20. The average molecular weight is 832 g/mol. The van der Waals surface area contributed by atoms with E-state index in [1.807, 2.05) is 90.7 Å². The predicted molar refractivity (Wildman–Crippen MR) is 238 cm³/mol. The number of aromatic nitrogens is 2. The average Bonchev–Trinajstić information content (AvgIpc) is 3.70. The van der Waals surface area contributed by atoms with Crippen molar-refractivity contribution >= 4 is 41.3 Å². The third kappa shape index (κ3) is 10.8. The molecule has 0 fully saturated rings. The van der Waals surface area contributed by atoms with Crippen molar-refractivity contribution in [1.29, 1.82) is 0 Å². The highest BCUT2D eigenvalue weighted by atomic mass is 32.2. The van der Waals surface area contributed by atoms with Crippen LogP contribution in [-0.4, -0.2) is 76.3 Å². The summed E-state index contributed by atoms with van der Waals surface area (Å²) in [6.07, 6.45) is 5.07. The van der Waals surface area contributed by atoms with Gasteiger partial charge < -0.3 is 24.7 Å². The van der Waals surface area contributed by atoms with Crippen molar-refractivity contribution in [2.24, 2.45) is 5.92 Å². The van der Waals surface area contributed by atoms with Gasteiger partial charge >= 0.3 is 12.1 Å². The van der Waals surface area contributed by atoms with Gasteiger partial charge in [0.25, 0.3) is 0 Å². The second-order valence-electron chi connectivity index (χ2n) is 16.1. The van der Waals surface area contributed by atoms with Crippen molar-refractivity contribution in [3.63, 3.8) is 0 Å². The van der Waals surface area contributed by atoms with Crippen LogP contribution in [0.25, 0.3) is 0 Å². The number of benzene rings is 4. The number of methoxy groups -OCH3 is 1. The summed E-state index contributed by atoms with van der Waals surface area (Å²) >= 11 is 1.53. The molecule has 5 aromatic rings. The van der Waals surface area contributed by atoms with E-state index in [9.17, 15) is 19.2 Å². The van der Waals surface area contributed by atoms with Gasteiger partial charge in [-0.3, -0.25) is 14.5 Å². The fraction of sp³-hybridized carbons (Fsp3) is 0.354. The van der Waals surface area contributed by atoms with Gasteiger partial charge in [0, 0.05) is 18.3 Å². The molecule has 0 saturated heterocycles. The van der Waals surface area contributed by atoms with Gasteiger partial charge in [-0.1, -0.05) is 123 Å². The lowest BCUT2D eigenvalue weighted by molar-refractivity contribution is -0.146. The minimum absolute atomic E-state index is 0.0444. The number of carbonyl (C=O) groups is 4. The number of thioether (sulfide) groups is 1. The van der Waals surface area contributed by atoms with Crippen molar-refractivity contribution in [3.05, 3.63) is 156 Å². The van der Waals surface area contributed by atoms with E-state index in [0.717, 1.165) is 22.3 Å². The second-order valence-corrected chi connectivity index (χ2v) is 17.1. The topological polar surface area (TPSA) is 132 Å². The van der Waals surface area contributed by atoms with Gasteiger partial charge in [-0.25, -0.2) is 14.6 Å². The fourth-order valence-corrected chi connectivity index (χ4v) is 7.70. The maximum absolute atomic E-state index is 14.8. The zero-order valence-electron chi connectivity index (χ0n) is 35.8. The monoisotopic (exact) mass is 831 g/mol. The number of nitrogens with zero attached hydrogens (tertiary/aromatic N) is 3. The summed E-state index contributed by atoms with van der Waals surface area (Å²) < 4.78 is 12.9. The first-order chi connectivity index (χ1) is 28.7. The molecule has 1 heterocycles. The molecule has 316 valence electrons. The maximum atomic E-state index is 14.8. The number of imidazole rings is 1. The van der Waals surface area contributed by atoms with Gasteiger partial charge in [0.05, 0.1) is 19.1 Å². The SMILES string of the molecule is COC(=O)[C@@H](NC(=O)[C@H](Cc1cn(C(c2ccccc2)(c2ccccc2)c2ccccc2)cn1)NC(=O)[C@H](CCSC)N(C(=O)OC(C)(C)C)c1ccc(C)cc1)C(C)C. The van der Waals surface area contributed by atoms with Gasteiger partial charge in [0.2, 0.25) is 11.8 Å². The van der Waals surface area contributed by atoms with Gasteiger partial charge in [-0.15, -0.1) is 0 Å². The Bertz CT molecular complexity index is 2080. The Balaban J connectivity index is 1.61. The first kappa shape index (κ1) is 45.2. The van der Waals surface area contributed by atoms with Crippen molar-refractivity contribution in [2.75, 3.05) is 24.0 Å². The lowest BCUT2D eigenvalue weighted by Gasteiger charge is -2.37. The summed E-state index contributed by atoms with van der Waals surface area (Å²) in [7, 11) is 1.26. The van der Waals surface area contributed by atoms with Crippen LogP contribution in [-0.2, 0) is 35.8 Å². The molecule has 0 aliphatic heterocycles. The number of nitrogens with one attached hydrogen (secondary N) is 2. The van der Waals surface area contributed by atoms with Crippen LogP contribution >= 0.6 is 11.8 Å². The highest BCUT2D eigenvalue weighted by Gasteiger charge is 2.40. The molecule has 4 aromatic carbocycles. The number of esters is 1. The number of rotatable bonds is 17. The molecule has 0 spiro atoms. The van der Waals surface area contributed by atoms with E-state index in [0.29, 0.717) is 17.1 Å². The zero-order chi connectivity index (χ0) is 43.5. The van der Waals surface area contributed by atoms with E-state index >= 15 is 0 Å². The molecular weight excluding hydrogens is 775 g/mol. The zero-order valence-corrected chi connectivity index (χ0v) is 36.6. The maximum Gasteiger partial charge on any atom is 0.415 e. The van der Waals surface area contributed by atoms with Crippen LogP contribution in [0.5, 0.6) is 0 Å². The first-order valence-corrected chi connectivity index (χ1v) is 21.5. The normalized spacial score (nSPS) is 13.2. The van der Waals surface area contributed by atoms with Crippen LogP contribution < -0.4 is 15.5 Å². The molecule has 0 bridgehead atoms. The minimum atomic E-state index is -1.22. The molecule has 12 heteroatoms. The van der Waals surface area contributed by atoms with E-state index in [-0.39, 0.29) is 18.8 Å². The Labute approximate surface area is 358 Å². The van der Waals surface area contributed by atoms with Crippen LogP contribution in [0.15, 0.2) is 128 Å². The van der Waals surface area contributed by atoms with Gasteiger partial charge in [0.15, 0.2) is 0 Å². The first-order valence-electron chi connectivity index (χ1n) is 20.2. The number of ether oxygens (including phenoxy) is 2. The smallest absolute Gasteiger partial charge is 0.415 e. The molecule has 0 unspecified atom stereocenters. The highest BCUT2D eigenvalue weighted by molar-refractivity contribution is 7.98.